The van der Waals surface area contributed by atoms with Crippen LogP contribution >= 0.6 is 11.6 Å². The Kier molecular flexibility index (Phi) is 3.06. The molecule has 1 aromatic rings. The third kappa shape index (κ3) is 2.03. The van der Waals surface area contributed by atoms with Crippen LogP contribution in [0.1, 0.15) is 31.2 Å². The number of carbonyl (C=O) groups is 1. The van der Waals surface area contributed by atoms with Crippen molar-refractivity contribution in [3.05, 3.63) is 28.8 Å². The molecule has 0 heterocycles. The highest BCUT2D eigenvalue weighted by Gasteiger charge is 2.43. The van der Waals surface area contributed by atoms with Crippen molar-refractivity contribution in [2.24, 2.45) is 17.8 Å². The Labute approximate surface area is 113 Å². The second kappa shape index (κ2) is 4.58. The predicted molar refractivity (Wildman–Crippen MR) is 73.8 cm³/mol. The number of fused-ring (bicyclic) bond motifs is 2. The van der Waals surface area contributed by atoms with E-state index in [1.54, 1.807) is 0 Å². The van der Waals surface area contributed by atoms with Gasteiger partial charge < -0.3 is 5.32 Å². The van der Waals surface area contributed by atoms with Crippen LogP contribution in [0.4, 0.5) is 5.69 Å². The first-order valence-corrected chi connectivity index (χ1v) is 7.09. The van der Waals surface area contributed by atoms with Crippen molar-refractivity contribution in [1.82, 2.24) is 0 Å². The Morgan fingerprint density at radius 2 is 2.17 bits per heavy atom. The van der Waals surface area contributed by atoms with Gasteiger partial charge >= 0.3 is 0 Å². The molecule has 2 fully saturated rings. The first-order valence-electron chi connectivity index (χ1n) is 6.71. The van der Waals surface area contributed by atoms with Crippen molar-refractivity contribution in [3.8, 4) is 0 Å². The summed E-state index contributed by atoms with van der Waals surface area (Å²) in [5.74, 6) is 1.83. The van der Waals surface area contributed by atoms with E-state index in [1.807, 2.05) is 25.1 Å². The van der Waals surface area contributed by atoms with Crippen LogP contribution in [-0.4, -0.2) is 5.91 Å². The lowest BCUT2D eigenvalue weighted by atomic mass is 9.88. The first kappa shape index (κ1) is 12.0. The molecule has 3 rings (SSSR count). The molecule has 2 nitrogen and oxygen atoms in total. The lowest BCUT2D eigenvalue weighted by Crippen LogP contribution is -2.27. The molecule has 0 spiro atoms. The first-order chi connectivity index (χ1) is 8.65. The smallest absolute Gasteiger partial charge is 0.227 e. The van der Waals surface area contributed by atoms with Gasteiger partial charge in [-0.05, 0) is 55.7 Å². The molecule has 0 aliphatic heterocycles. The van der Waals surface area contributed by atoms with Crippen LogP contribution in [0.3, 0.4) is 0 Å². The van der Waals surface area contributed by atoms with Gasteiger partial charge in [0.15, 0.2) is 0 Å². The molecule has 2 aliphatic rings. The van der Waals surface area contributed by atoms with E-state index in [9.17, 15) is 4.79 Å². The van der Waals surface area contributed by atoms with Crippen molar-refractivity contribution >= 4 is 23.2 Å². The summed E-state index contributed by atoms with van der Waals surface area (Å²) in [6.07, 6.45) is 4.89. The molecule has 1 amide bonds. The predicted octanol–water partition coefficient (Wildman–Crippen LogP) is 4.02. The number of benzene rings is 1. The van der Waals surface area contributed by atoms with Crippen LogP contribution in [0.25, 0.3) is 0 Å². The molecule has 1 aromatic carbocycles. The summed E-state index contributed by atoms with van der Waals surface area (Å²) in [5.41, 5.74) is 1.81. The molecule has 18 heavy (non-hydrogen) atoms. The van der Waals surface area contributed by atoms with Gasteiger partial charge in [0, 0.05) is 16.6 Å². The van der Waals surface area contributed by atoms with Gasteiger partial charge in [0.05, 0.1) is 0 Å². The molecule has 0 radical (unpaired) electrons. The number of amides is 1. The molecule has 0 unspecified atom stereocenters. The van der Waals surface area contributed by atoms with Crippen molar-refractivity contribution in [1.29, 1.82) is 0 Å². The molecule has 0 aromatic heterocycles. The average molecular weight is 264 g/mol. The number of anilines is 1. The molecule has 96 valence electrons. The minimum absolute atomic E-state index is 0.188. The summed E-state index contributed by atoms with van der Waals surface area (Å²) < 4.78 is 0. The number of halogens is 1. The number of hydrogen-bond acceptors (Lipinski definition) is 1. The van der Waals surface area contributed by atoms with Crippen molar-refractivity contribution in [2.75, 3.05) is 5.32 Å². The highest BCUT2D eigenvalue weighted by Crippen LogP contribution is 2.48. The highest BCUT2D eigenvalue weighted by atomic mass is 35.5. The van der Waals surface area contributed by atoms with Gasteiger partial charge in [0.1, 0.15) is 0 Å². The quantitative estimate of drug-likeness (QED) is 0.858. The lowest BCUT2D eigenvalue weighted by Gasteiger charge is -2.21. The fourth-order valence-corrected chi connectivity index (χ4v) is 3.71. The number of nitrogens with one attached hydrogen (secondary N) is 1. The largest absolute Gasteiger partial charge is 0.326 e. The van der Waals surface area contributed by atoms with Gasteiger partial charge in [-0.3, -0.25) is 4.79 Å². The molecule has 3 heteroatoms. The summed E-state index contributed by atoms with van der Waals surface area (Å²) >= 11 is 6.07. The van der Waals surface area contributed by atoms with Crippen LogP contribution in [0, 0.1) is 24.7 Å². The maximum absolute atomic E-state index is 12.3. The second-order valence-electron chi connectivity index (χ2n) is 5.68. The van der Waals surface area contributed by atoms with Gasteiger partial charge in [0.2, 0.25) is 5.91 Å². The van der Waals surface area contributed by atoms with Crippen molar-refractivity contribution in [2.45, 2.75) is 32.6 Å². The summed E-state index contributed by atoms with van der Waals surface area (Å²) in [4.78, 5) is 12.3. The number of rotatable bonds is 2. The van der Waals surface area contributed by atoms with Crippen molar-refractivity contribution < 1.29 is 4.79 Å². The minimum atomic E-state index is 0.188. The van der Waals surface area contributed by atoms with Crippen LogP contribution in [0.15, 0.2) is 18.2 Å². The van der Waals surface area contributed by atoms with Gasteiger partial charge in [-0.2, -0.15) is 0 Å². The summed E-state index contributed by atoms with van der Waals surface area (Å²) in [5, 5.41) is 3.76. The van der Waals surface area contributed by atoms with Gasteiger partial charge in [-0.1, -0.05) is 24.1 Å². The fourth-order valence-electron chi connectivity index (χ4n) is 3.53. The Hall–Kier alpha value is -1.02. The fraction of sp³-hybridized carbons (Fsp3) is 0.533. The van der Waals surface area contributed by atoms with E-state index in [-0.39, 0.29) is 11.8 Å². The zero-order valence-electron chi connectivity index (χ0n) is 10.6. The zero-order chi connectivity index (χ0) is 12.7. The van der Waals surface area contributed by atoms with E-state index in [2.05, 4.69) is 5.32 Å². The monoisotopic (exact) mass is 263 g/mol. The Bertz CT molecular complexity index is 485. The zero-order valence-corrected chi connectivity index (χ0v) is 11.3. The maximum atomic E-state index is 12.3. The van der Waals surface area contributed by atoms with Crippen LogP contribution < -0.4 is 5.32 Å². The number of hydrogen-bond donors (Lipinski definition) is 1. The van der Waals surface area contributed by atoms with E-state index in [0.29, 0.717) is 10.9 Å². The standard InChI is InChI=1S/C15H18ClNO/c1-9-13(16)3-2-4-14(9)17-15(18)12-8-10-5-6-11(12)7-10/h2-4,10-12H,5-8H2,1H3,(H,17,18)/t10-,11+,12+/m0/s1. The summed E-state index contributed by atoms with van der Waals surface area (Å²) in [6.45, 7) is 1.94. The number of carbonyl (C=O) groups excluding carboxylic acids is 1. The Balaban J connectivity index is 1.73. The van der Waals surface area contributed by atoms with Gasteiger partial charge in [-0.15, -0.1) is 0 Å². The molecule has 3 atom stereocenters. The normalized spacial score (nSPS) is 29.6. The average Bonchev–Trinajstić information content (AvgIpc) is 2.97. The molecule has 1 N–H and O–H groups in total. The van der Waals surface area contributed by atoms with Gasteiger partial charge in [-0.25, -0.2) is 0 Å². The van der Waals surface area contributed by atoms with Gasteiger partial charge in [0.25, 0.3) is 0 Å². The third-order valence-corrected chi connectivity index (χ3v) is 5.01. The molecule has 2 aliphatic carbocycles. The van der Waals surface area contributed by atoms with E-state index < -0.39 is 0 Å². The van der Waals surface area contributed by atoms with E-state index in [0.717, 1.165) is 23.6 Å². The van der Waals surface area contributed by atoms with E-state index >= 15 is 0 Å². The van der Waals surface area contributed by atoms with E-state index in [1.165, 1.54) is 19.3 Å². The topological polar surface area (TPSA) is 29.1 Å². The Morgan fingerprint density at radius 3 is 2.83 bits per heavy atom. The van der Waals surface area contributed by atoms with Crippen LogP contribution in [0.2, 0.25) is 5.02 Å². The molecule has 0 saturated heterocycles. The van der Waals surface area contributed by atoms with Crippen molar-refractivity contribution in [3.63, 3.8) is 0 Å². The van der Waals surface area contributed by atoms with Crippen LogP contribution in [0.5, 0.6) is 0 Å². The summed E-state index contributed by atoms with van der Waals surface area (Å²) in [7, 11) is 0. The summed E-state index contributed by atoms with van der Waals surface area (Å²) in [6, 6.07) is 5.65. The third-order valence-electron chi connectivity index (χ3n) is 4.60. The highest BCUT2D eigenvalue weighted by molar-refractivity contribution is 6.31. The second-order valence-corrected chi connectivity index (χ2v) is 6.09. The SMILES string of the molecule is Cc1c(Cl)cccc1NC(=O)[C@@H]1C[C@H]2CC[C@@H]1C2. The lowest BCUT2D eigenvalue weighted by molar-refractivity contribution is -0.121. The van der Waals surface area contributed by atoms with Crippen LogP contribution in [-0.2, 0) is 4.79 Å². The Morgan fingerprint density at radius 1 is 1.33 bits per heavy atom. The minimum Gasteiger partial charge on any atom is -0.326 e. The molecular formula is C15H18ClNO. The molecular weight excluding hydrogens is 246 g/mol. The van der Waals surface area contributed by atoms with E-state index in [4.69, 9.17) is 11.6 Å². The molecule has 2 saturated carbocycles. The molecule has 2 bridgehead atoms. The maximum Gasteiger partial charge on any atom is 0.227 e.